The summed E-state index contributed by atoms with van der Waals surface area (Å²) in [6.07, 6.45) is 7.97. The van der Waals surface area contributed by atoms with Crippen molar-refractivity contribution in [3.8, 4) is 5.75 Å². The zero-order chi connectivity index (χ0) is 23.0. The molecule has 0 saturated heterocycles. The first-order valence-electron chi connectivity index (χ1n) is 12.4. The van der Waals surface area contributed by atoms with E-state index < -0.39 is 11.6 Å². The lowest BCUT2D eigenvalue weighted by molar-refractivity contribution is -0.0661. The average Bonchev–Trinajstić information content (AvgIpc) is 3.16. The van der Waals surface area contributed by atoms with Crippen molar-refractivity contribution >= 4 is 0 Å². The van der Waals surface area contributed by atoms with E-state index in [0.717, 1.165) is 30.7 Å². The van der Waals surface area contributed by atoms with Crippen LogP contribution < -0.4 is 4.74 Å². The van der Waals surface area contributed by atoms with Crippen LogP contribution in [-0.4, -0.2) is 24.4 Å². The highest BCUT2D eigenvalue weighted by Crippen LogP contribution is 2.61. The van der Waals surface area contributed by atoms with Gasteiger partial charge in [0.2, 0.25) is 0 Å². The van der Waals surface area contributed by atoms with Crippen molar-refractivity contribution in [2.75, 3.05) is 13.2 Å². The Balaban J connectivity index is 1.28. The van der Waals surface area contributed by atoms with Gasteiger partial charge in [-0.05, 0) is 110 Å². The van der Waals surface area contributed by atoms with E-state index in [1.165, 1.54) is 42.9 Å². The van der Waals surface area contributed by atoms with Crippen molar-refractivity contribution in [3.05, 3.63) is 64.7 Å². The van der Waals surface area contributed by atoms with Crippen LogP contribution in [0.5, 0.6) is 5.75 Å². The molecular weight excluding hydrogens is 422 g/mol. The van der Waals surface area contributed by atoms with Gasteiger partial charge in [-0.2, -0.15) is 0 Å². The summed E-state index contributed by atoms with van der Waals surface area (Å²) in [4.78, 5) is 0. The van der Waals surface area contributed by atoms with Gasteiger partial charge in [-0.1, -0.05) is 13.0 Å². The lowest BCUT2D eigenvalue weighted by Gasteiger charge is -2.50. The van der Waals surface area contributed by atoms with Crippen LogP contribution in [0.2, 0.25) is 0 Å². The van der Waals surface area contributed by atoms with E-state index >= 15 is 0 Å². The third-order valence-electron chi connectivity index (χ3n) is 8.63. The van der Waals surface area contributed by atoms with Crippen molar-refractivity contribution in [2.24, 2.45) is 17.3 Å². The summed E-state index contributed by atoms with van der Waals surface area (Å²) in [7, 11) is 0. The Morgan fingerprint density at radius 3 is 2.79 bits per heavy atom. The SMILES string of the molecule is C[C@]12CC[C@@H]3c4ccc(OCc5cc(F)ccc5F)cc4CC[C@H]3[C@@H]1CC[C@@H]2OCCCO. The van der Waals surface area contributed by atoms with Gasteiger partial charge in [-0.25, -0.2) is 8.78 Å². The number of benzene rings is 2. The predicted molar refractivity (Wildman–Crippen MR) is 123 cm³/mol. The topological polar surface area (TPSA) is 38.7 Å². The Morgan fingerprint density at radius 1 is 1.06 bits per heavy atom. The molecule has 5 heteroatoms. The van der Waals surface area contributed by atoms with Crippen LogP contribution in [-0.2, 0) is 17.8 Å². The maximum absolute atomic E-state index is 13.9. The quantitative estimate of drug-likeness (QED) is 0.507. The molecule has 0 aliphatic heterocycles. The highest BCUT2D eigenvalue weighted by atomic mass is 19.1. The Labute approximate surface area is 195 Å². The Morgan fingerprint density at radius 2 is 1.94 bits per heavy atom. The van der Waals surface area contributed by atoms with Gasteiger partial charge in [-0.15, -0.1) is 0 Å². The Bertz CT molecular complexity index is 993. The molecule has 2 aromatic rings. The molecular formula is C28H34F2O3. The molecule has 0 bridgehead atoms. The molecule has 5 rings (SSSR count). The zero-order valence-electron chi connectivity index (χ0n) is 19.4. The van der Waals surface area contributed by atoms with Crippen LogP contribution in [0.1, 0.15) is 68.1 Å². The Hall–Kier alpha value is -1.98. The number of aliphatic hydroxyl groups excluding tert-OH is 1. The lowest BCUT2D eigenvalue weighted by atomic mass is 9.55. The minimum absolute atomic E-state index is 0.0204. The van der Waals surface area contributed by atoms with Gasteiger partial charge in [0.25, 0.3) is 0 Å². The summed E-state index contributed by atoms with van der Waals surface area (Å²) in [5.74, 6) is 1.78. The first kappa shape index (κ1) is 22.8. The third-order valence-corrected chi connectivity index (χ3v) is 8.63. The minimum atomic E-state index is -0.455. The van der Waals surface area contributed by atoms with Gasteiger partial charge in [0.15, 0.2) is 0 Å². The monoisotopic (exact) mass is 456 g/mol. The zero-order valence-corrected chi connectivity index (χ0v) is 19.4. The number of rotatable bonds is 7. The molecule has 1 N–H and O–H groups in total. The van der Waals surface area contributed by atoms with Crippen LogP contribution >= 0.6 is 0 Å². The minimum Gasteiger partial charge on any atom is -0.489 e. The maximum Gasteiger partial charge on any atom is 0.130 e. The second-order valence-corrected chi connectivity index (χ2v) is 10.4. The maximum atomic E-state index is 13.9. The van der Waals surface area contributed by atoms with Crippen LogP contribution in [0.4, 0.5) is 8.78 Å². The number of fused-ring (bicyclic) bond motifs is 5. The van der Waals surface area contributed by atoms with Crippen LogP contribution in [0, 0.1) is 28.9 Å². The van der Waals surface area contributed by atoms with Crippen LogP contribution in [0.15, 0.2) is 36.4 Å². The van der Waals surface area contributed by atoms with E-state index in [1.807, 2.05) is 6.07 Å². The molecule has 178 valence electrons. The van der Waals surface area contributed by atoms with Gasteiger partial charge < -0.3 is 14.6 Å². The van der Waals surface area contributed by atoms with Crippen LogP contribution in [0.3, 0.4) is 0 Å². The standard InChI is InChI=1S/C28H34F2O3/c1-28-12-11-23-22-7-5-21(33-17-19-15-20(29)4-9-26(19)30)16-18(22)3-6-24(23)25(28)8-10-27(28)32-14-2-13-31/h4-5,7,9,15-16,23-25,27,31H,2-3,6,8,10-14,17H2,1H3/t23-,24-,25+,27+,28+/m1/s1. The van der Waals surface area contributed by atoms with Crippen molar-refractivity contribution in [2.45, 2.75) is 70.5 Å². The normalized spacial score (nSPS) is 30.4. The first-order chi connectivity index (χ1) is 16.0. The summed E-state index contributed by atoms with van der Waals surface area (Å²) in [6.45, 7) is 3.30. The molecule has 0 spiro atoms. The predicted octanol–water partition coefficient (Wildman–Crippen LogP) is 6.17. The Kier molecular flexibility index (Phi) is 6.45. The largest absolute Gasteiger partial charge is 0.489 e. The fourth-order valence-electron chi connectivity index (χ4n) is 6.98. The second kappa shape index (κ2) is 9.34. The van der Waals surface area contributed by atoms with Crippen LogP contribution in [0.25, 0.3) is 0 Å². The number of aryl methyl sites for hydroxylation is 1. The summed E-state index contributed by atoms with van der Waals surface area (Å²) in [6, 6.07) is 9.75. The molecule has 2 fully saturated rings. The molecule has 0 aromatic heterocycles. The molecule has 2 saturated carbocycles. The highest BCUT2D eigenvalue weighted by Gasteiger charge is 2.55. The average molecular weight is 457 g/mol. The molecule has 33 heavy (non-hydrogen) atoms. The molecule has 3 aliphatic carbocycles. The number of ether oxygens (including phenoxy) is 2. The van der Waals surface area contributed by atoms with Crippen molar-refractivity contribution in [1.82, 2.24) is 0 Å². The van der Waals surface area contributed by atoms with E-state index in [-0.39, 0.29) is 24.2 Å². The fraction of sp³-hybridized carbons (Fsp3) is 0.571. The van der Waals surface area contributed by atoms with Gasteiger partial charge in [0.05, 0.1) is 6.10 Å². The fourth-order valence-corrected chi connectivity index (χ4v) is 6.98. The van der Waals surface area contributed by atoms with E-state index in [4.69, 9.17) is 14.6 Å². The summed E-state index contributed by atoms with van der Waals surface area (Å²) >= 11 is 0. The summed E-state index contributed by atoms with van der Waals surface area (Å²) in [5.41, 5.74) is 3.26. The molecule has 3 nitrogen and oxygen atoms in total. The number of halogens is 2. The van der Waals surface area contributed by atoms with Crippen molar-refractivity contribution < 1.29 is 23.4 Å². The third kappa shape index (κ3) is 4.30. The molecule has 5 atom stereocenters. The molecule has 0 radical (unpaired) electrons. The van der Waals surface area contributed by atoms with E-state index in [2.05, 4.69) is 19.1 Å². The van der Waals surface area contributed by atoms with Gasteiger partial charge in [-0.3, -0.25) is 0 Å². The second-order valence-electron chi connectivity index (χ2n) is 10.4. The smallest absolute Gasteiger partial charge is 0.130 e. The van der Waals surface area contributed by atoms with E-state index in [1.54, 1.807) is 0 Å². The molecule has 0 amide bonds. The first-order valence-corrected chi connectivity index (χ1v) is 12.4. The lowest BCUT2D eigenvalue weighted by Crippen LogP contribution is -2.44. The highest BCUT2D eigenvalue weighted by molar-refractivity contribution is 5.41. The molecule has 0 heterocycles. The van der Waals surface area contributed by atoms with Gasteiger partial charge in [0.1, 0.15) is 24.0 Å². The van der Waals surface area contributed by atoms with Gasteiger partial charge >= 0.3 is 0 Å². The summed E-state index contributed by atoms with van der Waals surface area (Å²) < 4.78 is 39.4. The summed E-state index contributed by atoms with van der Waals surface area (Å²) in [5, 5.41) is 9.10. The molecule has 2 aromatic carbocycles. The van der Waals surface area contributed by atoms with E-state index in [9.17, 15) is 8.78 Å². The van der Waals surface area contributed by atoms with Crippen molar-refractivity contribution in [3.63, 3.8) is 0 Å². The molecule has 0 unspecified atom stereocenters. The van der Waals surface area contributed by atoms with Crippen molar-refractivity contribution in [1.29, 1.82) is 0 Å². The number of hydrogen-bond donors (Lipinski definition) is 1. The number of hydrogen-bond acceptors (Lipinski definition) is 3. The van der Waals surface area contributed by atoms with E-state index in [0.29, 0.717) is 36.9 Å². The van der Waals surface area contributed by atoms with Gasteiger partial charge in [0, 0.05) is 18.8 Å². The molecule has 3 aliphatic rings. The number of aliphatic hydroxyl groups is 1.